The van der Waals surface area contributed by atoms with Crippen LogP contribution >= 0.6 is 0 Å². The molecule has 2 N–H and O–H groups in total. The number of aromatic nitrogens is 1. The van der Waals surface area contributed by atoms with Gasteiger partial charge in [0.1, 0.15) is 19.0 Å². The van der Waals surface area contributed by atoms with Gasteiger partial charge in [-0.1, -0.05) is 51.1 Å². The van der Waals surface area contributed by atoms with E-state index in [4.69, 9.17) is 9.47 Å². The lowest BCUT2D eigenvalue weighted by atomic mass is 9.80. The van der Waals surface area contributed by atoms with Crippen molar-refractivity contribution in [1.82, 2.24) is 4.98 Å². The summed E-state index contributed by atoms with van der Waals surface area (Å²) in [6, 6.07) is 16.5. The molecule has 1 unspecified atom stereocenters. The zero-order chi connectivity index (χ0) is 25.9. The number of rotatable bonds is 10. The third-order valence-corrected chi connectivity index (χ3v) is 6.55. The van der Waals surface area contributed by atoms with E-state index >= 15 is 0 Å². The number of carbonyl (C=O) groups is 2. The average molecular weight is 489 g/mol. The largest absolute Gasteiger partial charge is 0.494 e. The fraction of sp³-hybridized carbons (Fsp3) is 0.345. The van der Waals surface area contributed by atoms with Gasteiger partial charge in [0.15, 0.2) is 5.88 Å². The number of esters is 1. The van der Waals surface area contributed by atoms with Crippen molar-refractivity contribution in [3.05, 3.63) is 71.3 Å². The number of nitrogens with zero attached hydrogens (tertiary/aromatic N) is 1. The monoisotopic (exact) mass is 488 g/mol. The van der Waals surface area contributed by atoms with Gasteiger partial charge in [-0.05, 0) is 55.5 Å². The topological polar surface area (TPSA) is 101 Å². The fourth-order valence-electron chi connectivity index (χ4n) is 4.62. The van der Waals surface area contributed by atoms with Crippen LogP contribution in [-0.2, 0) is 9.53 Å². The molecule has 1 amide bonds. The first-order chi connectivity index (χ1) is 17.2. The number of aliphatic imine (C=N–C) groups is 1. The predicted molar refractivity (Wildman–Crippen MR) is 139 cm³/mol. The number of amides is 1. The van der Waals surface area contributed by atoms with Gasteiger partial charge in [-0.3, -0.25) is 9.59 Å². The van der Waals surface area contributed by atoms with Crippen molar-refractivity contribution in [3.8, 4) is 22.9 Å². The predicted octanol–water partition coefficient (Wildman–Crippen LogP) is 5.76. The van der Waals surface area contributed by atoms with E-state index in [2.05, 4.69) is 23.8 Å². The van der Waals surface area contributed by atoms with Crippen molar-refractivity contribution in [1.29, 1.82) is 0 Å². The molecular weight excluding hydrogens is 456 g/mol. The molecule has 7 nitrogen and oxygen atoms in total. The van der Waals surface area contributed by atoms with Crippen molar-refractivity contribution in [2.75, 3.05) is 13.2 Å². The molecule has 1 aliphatic heterocycles. The zero-order valence-corrected chi connectivity index (χ0v) is 21.1. The van der Waals surface area contributed by atoms with Gasteiger partial charge in [0.2, 0.25) is 0 Å². The number of aromatic hydroxyl groups is 1. The van der Waals surface area contributed by atoms with Gasteiger partial charge in [-0.2, -0.15) is 0 Å². The van der Waals surface area contributed by atoms with Crippen LogP contribution in [0.2, 0.25) is 0 Å². The second kappa shape index (κ2) is 10.4. The molecule has 3 aromatic rings. The Hall–Kier alpha value is -3.87. The molecule has 1 atom stereocenters. The molecule has 0 spiro atoms. The molecule has 0 saturated carbocycles. The molecule has 2 aromatic carbocycles. The second-order valence-electron chi connectivity index (χ2n) is 9.75. The van der Waals surface area contributed by atoms with Crippen LogP contribution in [-0.4, -0.2) is 40.9 Å². The summed E-state index contributed by atoms with van der Waals surface area (Å²) in [4.78, 5) is 32.4. The molecule has 0 radical (unpaired) electrons. The van der Waals surface area contributed by atoms with Gasteiger partial charge in [0.25, 0.3) is 5.91 Å². The highest BCUT2D eigenvalue weighted by atomic mass is 16.6. The minimum atomic E-state index is -0.488. The van der Waals surface area contributed by atoms with Crippen molar-refractivity contribution in [3.63, 3.8) is 0 Å². The van der Waals surface area contributed by atoms with Gasteiger partial charge in [0, 0.05) is 5.56 Å². The summed E-state index contributed by atoms with van der Waals surface area (Å²) in [5.41, 5.74) is 2.73. The maximum atomic E-state index is 12.7. The third kappa shape index (κ3) is 5.05. The number of carbonyl (C=O) groups excluding carboxylic acids is 2. The number of ether oxygens (including phenoxy) is 2. The van der Waals surface area contributed by atoms with E-state index in [0.29, 0.717) is 39.8 Å². The fourth-order valence-corrected chi connectivity index (χ4v) is 4.62. The summed E-state index contributed by atoms with van der Waals surface area (Å²) < 4.78 is 11.2. The van der Waals surface area contributed by atoms with Crippen LogP contribution in [0, 0.1) is 11.3 Å². The SMILES string of the molecule is CCC(C)(CC(C)C)C(=O)OCCOc1ccc(C2=NC(=O)c3c(-c4ccccc4)[nH]c(O)c32)cc1. The van der Waals surface area contributed by atoms with Gasteiger partial charge in [-0.15, -0.1) is 0 Å². The van der Waals surface area contributed by atoms with E-state index in [-0.39, 0.29) is 25.1 Å². The van der Waals surface area contributed by atoms with Crippen LogP contribution in [0.25, 0.3) is 11.3 Å². The van der Waals surface area contributed by atoms with Gasteiger partial charge in [-0.25, -0.2) is 4.99 Å². The first kappa shape index (κ1) is 25.2. The first-order valence-corrected chi connectivity index (χ1v) is 12.3. The molecule has 1 aliphatic rings. The summed E-state index contributed by atoms with van der Waals surface area (Å²) >= 11 is 0. The molecule has 0 saturated heterocycles. The Kier molecular flexibility index (Phi) is 7.29. The van der Waals surface area contributed by atoms with Crippen molar-refractivity contribution >= 4 is 17.6 Å². The van der Waals surface area contributed by atoms with E-state index in [1.807, 2.05) is 44.2 Å². The van der Waals surface area contributed by atoms with Crippen LogP contribution in [0.1, 0.15) is 62.0 Å². The Bertz CT molecular complexity index is 1270. The van der Waals surface area contributed by atoms with Crippen molar-refractivity contribution < 1.29 is 24.2 Å². The number of fused-ring (bicyclic) bond motifs is 1. The zero-order valence-electron chi connectivity index (χ0n) is 21.1. The molecule has 7 heteroatoms. The van der Waals surface area contributed by atoms with Gasteiger partial charge < -0.3 is 19.6 Å². The highest BCUT2D eigenvalue weighted by Crippen LogP contribution is 2.38. The molecule has 1 aromatic heterocycles. The van der Waals surface area contributed by atoms with Crippen molar-refractivity contribution in [2.45, 2.75) is 40.5 Å². The summed E-state index contributed by atoms with van der Waals surface area (Å²) in [5, 5.41) is 10.6. The molecule has 0 fully saturated rings. The van der Waals surface area contributed by atoms with Gasteiger partial charge in [0.05, 0.1) is 27.9 Å². The van der Waals surface area contributed by atoms with Crippen LogP contribution in [0.3, 0.4) is 0 Å². The first-order valence-electron chi connectivity index (χ1n) is 12.3. The standard InChI is InChI=1S/C29H32N2O5/c1-5-29(4,17-18(2)3)28(34)36-16-15-35-21-13-11-20(12-14-21)25-23-22(26(32)31-25)24(30-27(23)33)19-9-7-6-8-10-19/h6-14,18,30,33H,5,15-17H2,1-4H3. The Balaban J connectivity index is 1.40. The Morgan fingerprint density at radius 2 is 1.72 bits per heavy atom. The van der Waals surface area contributed by atoms with Gasteiger partial charge >= 0.3 is 5.97 Å². The maximum Gasteiger partial charge on any atom is 0.311 e. The molecule has 188 valence electrons. The average Bonchev–Trinajstić information content (AvgIpc) is 3.40. The van der Waals surface area contributed by atoms with Crippen molar-refractivity contribution in [2.24, 2.45) is 16.3 Å². The highest BCUT2D eigenvalue weighted by molar-refractivity contribution is 6.30. The highest BCUT2D eigenvalue weighted by Gasteiger charge is 2.34. The summed E-state index contributed by atoms with van der Waals surface area (Å²) in [6.45, 7) is 8.54. The summed E-state index contributed by atoms with van der Waals surface area (Å²) in [5.74, 6) is 0.328. The Morgan fingerprint density at radius 1 is 1.03 bits per heavy atom. The summed E-state index contributed by atoms with van der Waals surface area (Å²) in [6.07, 6.45) is 1.51. The number of H-pyrrole nitrogens is 1. The maximum absolute atomic E-state index is 12.7. The second-order valence-corrected chi connectivity index (χ2v) is 9.75. The van der Waals surface area contributed by atoms with Crippen LogP contribution in [0.4, 0.5) is 0 Å². The number of hydrogen-bond donors (Lipinski definition) is 2. The molecule has 4 rings (SSSR count). The third-order valence-electron chi connectivity index (χ3n) is 6.55. The Labute approximate surface area is 211 Å². The minimum absolute atomic E-state index is 0.0906. The molecule has 0 bridgehead atoms. The summed E-state index contributed by atoms with van der Waals surface area (Å²) in [7, 11) is 0. The number of hydrogen-bond acceptors (Lipinski definition) is 5. The Morgan fingerprint density at radius 3 is 2.36 bits per heavy atom. The van der Waals surface area contributed by atoms with Crippen LogP contribution in [0.15, 0.2) is 59.6 Å². The molecule has 0 aliphatic carbocycles. The molecule has 36 heavy (non-hydrogen) atoms. The lowest BCUT2D eigenvalue weighted by Crippen LogP contribution is -2.31. The lowest BCUT2D eigenvalue weighted by molar-refractivity contribution is -0.157. The molecule has 2 heterocycles. The van der Waals surface area contributed by atoms with Crippen LogP contribution in [0.5, 0.6) is 11.6 Å². The van der Waals surface area contributed by atoms with E-state index in [1.54, 1.807) is 24.3 Å². The van der Waals surface area contributed by atoms with E-state index in [0.717, 1.165) is 18.4 Å². The normalized spacial score (nSPS) is 14.4. The van der Waals surface area contributed by atoms with E-state index in [1.165, 1.54) is 0 Å². The van der Waals surface area contributed by atoms with E-state index in [9.17, 15) is 14.7 Å². The van der Waals surface area contributed by atoms with Crippen LogP contribution < -0.4 is 4.74 Å². The lowest BCUT2D eigenvalue weighted by Gasteiger charge is -2.27. The molecular formula is C29H32N2O5. The minimum Gasteiger partial charge on any atom is -0.494 e. The number of aromatic amines is 1. The number of nitrogens with one attached hydrogen (secondary N) is 1. The number of benzene rings is 2. The quantitative estimate of drug-likeness (QED) is 0.279. The smallest absolute Gasteiger partial charge is 0.311 e. The van der Waals surface area contributed by atoms with E-state index < -0.39 is 11.3 Å².